The van der Waals surface area contributed by atoms with E-state index in [1.807, 2.05) is 19.1 Å². The van der Waals surface area contributed by atoms with Gasteiger partial charge in [-0.15, -0.1) is 0 Å². The van der Waals surface area contributed by atoms with Crippen LogP contribution in [-0.2, 0) is 13.0 Å². The fraction of sp³-hybridized carbons (Fsp3) is 0.214. The van der Waals surface area contributed by atoms with Gasteiger partial charge in [0.1, 0.15) is 11.5 Å². The SMILES string of the molecule is CCc1cccnc1CNc1cc(F)c(Cl)cc1[N+](=O)[O-]. The number of pyridine rings is 1. The van der Waals surface area contributed by atoms with Crippen molar-refractivity contribution in [3.05, 3.63) is 62.7 Å². The van der Waals surface area contributed by atoms with Crippen LogP contribution in [0.4, 0.5) is 15.8 Å². The van der Waals surface area contributed by atoms with Crippen LogP contribution in [0.3, 0.4) is 0 Å². The molecule has 0 bridgehead atoms. The third-order valence-corrected chi connectivity index (χ3v) is 3.34. The maximum absolute atomic E-state index is 13.5. The Morgan fingerprint density at radius 2 is 2.24 bits per heavy atom. The quantitative estimate of drug-likeness (QED) is 0.670. The maximum atomic E-state index is 13.5. The molecule has 0 fully saturated rings. The zero-order valence-corrected chi connectivity index (χ0v) is 12.0. The minimum atomic E-state index is -0.707. The third kappa shape index (κ3) is 3.46. The van der Waals surface area contributed by atoms with Gasteiger partial charge in [0.25, 0.3) is 5.69 Å². The van der Waals surface area contributed by atoms with E-state index in [0.29, 0.717) is 0 Å². The number of halogens is 2. The average Bonchev–Trinajstić information content (AvgIpc) is 2.48. The van der Waals surface area contributed by atoms with E-state index in [0.717, 1.165) is 29.8 Å². The summed E-state index contributed by atoms with van der Waals surface area (Å²) in [5, 5.41) is 13.6. The molecule has 0 atom stereocenters. The molecule has 1 heterocycles. The molecule has 0 amide bonds. The molecule has 110 valence electrons. The molecule has 1 aromatic carbocycles. The van der Waals surface area contributed by atoms with Crippen LogP contribution in [0.15, 0.2) is 30.5 Å². The van der Waals surface area contributed by atoms with Gasteiger partial charge in [-0.05, 0) is 18.1 Å². The predicted octanol–water partition coefficient (Wildman–Crippen LogP) is 3.96. The number of aromatic nitrogens is 1. The summed E-state index contributed by atoms with van der Waals surface area (Å²) < 4.78 is 13.5. The van der Waals surface area contributed by atoms with Gasteiger partial charge < -0.3 is 5.32 Å². The Bertz CT molecular complexity index is 679. The number of nitro benzene ring substituents is 1. The molecule has 2 rings (SSSR count). The van der Waals surface area contributed by atoms with Gasteiger partial charge in [-0.3, -0.25) is 15.1 Å². The van der Waals surface area contributed by atoms with Crippen molar-refractivity contribution in [2.75, 3.05) is 5.32 Å². The predicted molar refractivity (Wildman–Crippen MR) is 79.0 cm³/mol. The molecule has 1 N–H and O–H groups in total. The van der Waals surface area contributed by atoms with Crippen molar-refractivity contribution in [1.29, 1.82) is 0 Å². The molecule has 0 unspecified atom stereocenters. The molecule has 7 heteroatoms. The second-order valence-electron chi connectivity index (χ2n) is 4.36. The summed E-state index contributed by atoms with van der Waals surface area (Å²) in [6.45, 7) is 2.26. The highest BCUT2D eigenvalue weighted by atomic mass is 35.5. The van der Waals surface area contributed by atoms with Gasteiger partial charge in [0.15, 0.2) is 0 Å². The van der Waals surface area contributed by atoms with Crippen molar-refractivity contribution < 1.29 is 9.31 Å². The van der Waals surface area contributed by atoms with Crippen molar-refractivity contribution in [3.63, 3.8) is 0 Å². The standard InChI is InChI=1S/C14H13ClFN3O2/c1-2-9-4-3-5-17-13(9)8-18-12-7-11(16)10(15)6-14(12)19(20)21/h3-7,18H,2,8H2,1H3. The summed E-state index contributed by atoms with van der Waals surface area (Å²) in [7, 11) is 0. The summed E-state index contributed by atoms with van der Waals surface area (Å²) in [4.78, 5) is 14.6. The summed E-state index contributed by atoms with van der Waals surface area (Å²) in [6, 6.07) is 5.78. The highest BCUT2D eigenvalue weighted by Gasteiger charge is 2.18. The summed E-state index contributed by atoms with van der Waals surface area (Å²) >= 11 is 5.58. The molecule has 0 aliphatic heterocycles. The van der Waals surface area contributed by atoms with Gasteiger partial charge in [0.05, 0.1) is 22.2 Å². The van der Waals surface area contributed by atoms with Crippen LogP contribution in [0.2, 0.25) is 5.02 Å². The van der Waals surface area contributed by atoms with Crippen molar-refractivity contribution >= 4 is 23.0 Å². The van der Waals surface area contributed by atoms with Crippen molar-refractivity contribution in [2.45, 2.75) is 19.9 Å². The number of rotatable bonds is 5. The van der Waals surface area contributed by atoms with Gasteiger partial charge in [0.2, 0.25) is 0 Å². The average molecular weight is 310 g/mol. The largest absolute Gasteiger partial charge is 0.374 e. The van der Waals surface area contributed by atoms with E-state index in [1.165, 1.54) is 0 Å². The highest BCUT2D eigenvalue weighted by Crippen LogP contribution is 2.30. The molecular formula is C14H13ClFN3O2. The Balaban J connectivity index is 2.27. The minimum Gasteiger partial charge on any atom is -0.374 e. The van der Waals surface area contributed by atoms with Crippen LogP contribution in [0.25, 0.3) is 0 Å². The highest BCUT2D eigenvalue weighted by molar-refractivity contribution is 6.31. The number of anilines is 1. The molecule has 5 nitrogen and oxygen atoms in total. The Morgan fingerprint density at radius 3 is 2.90 bits per heavy atom. The van der Waals surface area contributed by atoms with Crippen LogP contribution < -0.4 is 5.32 Å². The zero-order valence-electron chi connectivity index (χ0n) is 11.3. The van der Waals surface area contributed by atoms with Crippen LogP contribution in [0.1, 0.15) is 18.2 Å². The van der Waals surface area contributed by atoms with Gasteiger partial charge in [-0.1, -0.05) is 24.6 Å². The minimum absolute atomic E-state index is 0.0783. The monoisotopic (exact) mass is 309 g/mol. The first-order valence-corrected chi connectivity index (χ1v) is 6.70. The number of nitrogens with one attached hydrogen (secondary N) is 1. The van der Waals surface area contributed by atoms with Gasteiger partial charge >= 0.3 is 0 Å². The number of hydrogen-bond acceptors (Lipinski definition) is 4. The summed E-state index contributed by atoms with van der Waals surface area (Å²) in [5.74, 6) is -0.707. The Kier molecular flexibility index (Phi) is 4.70. The lowest BCUT2D eigenvalue weighted by Crippen LogP contribution is -2.07. The number of nitrogens with zero attached hydrogens (tertiary/aromatic N) is 2. The zero-order chi connectivity index (χ0) is 15.4. The van der Waals surface area contributed by atoms with Crippen molar-refractivity contribution in [1.82, 2.24) is 4.98 Å². The Hall–Kier alpha value is -2.21. The molecular weight excluding hydrogens is 297 g/mol. The van der Waals surface area contributed by atoms with E-state index in [1.54, 1.807) is 6.20 Å². The van der Waals surface area contributed by atoms with Crippen LogP contribution in [0, 0.1) is 15.9 Å². The number of nitro groups is 1. The van der Waals surface area contributed by atoms with E-state index in [-0.39, 0.29) is 22.9 Å². The third-order valence-electron chi connectivity index (χ3n) is 3.05. The Morgan fingerprint density at radius 1 is 1.48 bits per heavy atom. The van der Waals surface area contributed by atoms with E-state index in [9.17, 15) is 14.5 Å². The first kappa shape index (κ1) is 15.2. The van der Waals surface area contributed by atoms with Crippen LogP contribution in [-0.4, -0.2) is 9.91 Å². The number of benzene rings is 1. The van der Waals surface area contributed by atoms with Crippen molar-refractivity contribution in [3.8, 4) is 0 Å². The van der Waals surface area contributed by atoms with E-state index in [4.69, 9.17) is 11.6 Å². The van der Waals surface area contributed by atoms with Crippen LogP contribution in [0.5, 0.6) is 0 Å². The molecule has 2 aromatic rings. The van der Waals surface area contributed by atoms with Crippen molar-refractivity contribution in [2.24, 2.45) is 0 Å². The maximum Gasteiger partial charge on any atom is 0.294 e. The molecule has 0 saturated carbocycles. The topological polar surface area (TPSA) is 68.1 Å². The molecule has 21 heavy (non-hydrogen) atoms. The molecule has 1 aromatic heterocycles. The van der Waals surface area contributed by atoms with Gasteiger partial charge in [-0.2, -0.15) is 0 Å². The normalized spacial score (nSPS) is 10.4. The Labute approximate surface area is 125 Å². The van der Waals surface area contributed by atoms with Gasteiger partial charge in [-0.25, -0.2) is 4.39 Å². The molecule has 0 aliphatic carbocycles. The molecule has 0 spiro atoms. The van der Waals surface area contributed by atoms with E-state index < -0.39 is 10.7 Å². The first-order chi connectivity index (χ1) is 10.0. The number of aryl methyl sites for hydroxylation is 1. The van der Waals surface area contributed by atoms with E-state index >= 15 is 0 Å². The second kappa shape index (κ2) is 6.49. The lowest BCUT2D eigenvalue weighted by Gasteiger charge is -2.10. The molecule has 0 saturated heterocycles. The smallest absolute Gasteiger partial charge is 0.294 e. The molecule has 0 aliphatic rings. The second-order valence-corrected chi connectivity index (χ2v) is 4.76. The van der Waals surface area contributed by atoms with Gasteiger partial charge in [0, 0.05) is 18.3 Å². The summed E-state index contributed by atoms with van der Waals surface area (Å²) in [6.07, 6.45) is 2.44. The first-order valence-electron chi connectivity index (χ1n) is 6.33. The lowest BCUT2D eigenvalue weighted by molar-refractivity contribution is -0.384. The summed E-state index contributed by atoms with van der Waals surface area (Å²) in [5.41, 5.74) is 1.61. The molecule has 0 radical (unpaired) electrons. The van der Waals surface area contributed by atoms with E-state index in [2.05, 4.69) is 10.3 Å². The fourth-order valence-corrected chi connectivity index (χ4v) is 2.12. The number of hydrogen-bond donors (Lipinski definition) is 1. The fourth-order valence-electron chi connectivity index (χ4n) is 1.96. The lowest BCUT2D eigenvalue weighted by atomic mass is 10.1. The van der Waals surface area contributed by atoms with Crippen LogP contribution >= 0.6 is 11.6 Å².